The topological polar surface area (TPSA) is 37.8 Å². The van der Waals surface area contributed by atoms with Crippen molar-refractivity contribution < 1.29 is 13.2 Å². The molecule has 0 amide bonds. The minimum absolute atomic E-state index is 0.000463. The molecule has 0 radical (unpaired) electrons. The van der Waals surface area contributed by atoms with Crippen LogP contribution in [0.15, 0.2) is 24.4 Å². The molecule has 1 unspecified atom stereocenters. The third kappa shape index (κ3) is 2.58. The van der Waals surface area contributed by atoms with Gasteiger partial charge in [0.2, 0.25) is 0 Å². The highest BCUT2D eigenvalue weighted by Crippen LogP contribution is 2.25. The van der Waals surface area contributed by atoms with Gasteiger partial charge >= 0.3 is 0 Å². The summed E-state index contributed by atoms with van der Waals surface area (Å²) < 4.78 is 40.0. The van der Waals surface area contributed by atoms with Gasteiger partial charge in [0.15, 0.2) is 17.5 Å². The molecule has 0 spiro atoms. The summed E-state index contributed by atoms with van der Waals surface area (Å²) in [6.45, 7) is 1.69. The van der Waals surface area contributed by atoms with E-state index >= 15 is 0 Å². The van der Waals surface area contributed by atoms with Crippen LogP contribution in [0, 0.1) is 24.4 Å². The van der Waals surface area contributed by atoms with Gasteiger partial charge in [-0.1, -0.05) is 6.07 Å². The molecule has 2 aromatic rings. The molecule has 0 saturated carbocycles. The highest BCUT2D eigenvalue weighted by Gasteiger charge is 2.22. The fourth-order valence-electron chi connectivity index (χ4n) is 1.86. The number of nitrogens with zero attached hydrogens (tertiary/aromatic N) is 2. The van der Waals surface area contributed by atoms with Crippen LogP contribution in [0.3, 0.4) is 0 Å². The van der Waals surface area contributed by atoms with Crippen LogP contribution >= 0.6 is 0 Å². The fourth-order valence-corrected chi connectivity index (χ4v) is 1.86. The molecule has 0 aliphatic carbocycles. The van der Waals surface area contributed by atoms with E-state index < -0.39 is 23.5 Å². The van der Waals surface area contributed by atoms with Crippen LogP contribution in [0.5, 0.6) is 0 Å². The lowest BCUT2D eigenvalue weighted by Crippen LogP contribution is -2.21. The van der Waals surface area contributed by atoms with Crippen LogP contribution in [-0.4, -0.2) is 17.0 Å². The Bertz CT molecular complexity index is 602. The van der Waals surface area contributed by atoms with E-state index in [9.17, 15) is 13.2 Å². The van der Waals surface area contributed by atoms with Gasteiger partial charge in [0, 0.05) is 11.8 Å². The van der Waals surface area contributed by atoms with Gasteiger partial charge in [0.1, 0.15) is 5.82 Å². The Labute approximate surface area is 108 Å². The average molecular weight is 267 g/mol. The Kier molecular flexibility index (Phi) is 3.80. The summed E-state index contributed by atoms with van der Waals surface area (Å²) in [7, 11) is 1.59. The predicted octanol–water partition coefficient (Wildman–Crippen LogP) is 2.51. The Morgan fingerprint density at radius 3 is 2.47 bits per heavy atom. The molecule has 1 atom stereocenters. The number of hydrogen-bond donors (Lipinski definition) is 1. The summed E-state index contributed by atoms with van der Waals surface area (Å²) in [5, 5.41) is 2.83. The molecule has 1 N–H and O–H groups in total. The molecule has 3 nitrogen and oxygen atoms in total. The number of hydrogen-bond acceptors (Lipinski definition) is 3. The third-order valence-corrected chi connectivity index (χ3v) is 2.76. The third-order valence-electron chi connectivity index (χ3n) is 2.76. The summed E-state index contributed by atoms with van der Waals surface area (Å²) in [6.07, 6.45) is 1.53. The Morgan fingerprint density at radius 2 is 1.84 bits per heavy atom. The van der Waals surface area contributed by atoms with Crippen molar-refractivity contribution >= 4 is 0 Å². The normalized spacial score (nSPS) is 12.5. The summed E-state index contributed by atoms with van der Waals surface area (Å²) in [4.78, 5) is 8.10. The van der Waals surface area contributed by atoms with Crippen LogP contribution in [0.1, 0.15) is 23.1 Å². The maximum Gasteiger partial charge on any atom is 0.194 e. The van der Waals surface area contributed by atoms with Crippen LogP contribution in [0.2, 0.25) is 0 Å². The van der Waals surface area contributed by atoms with E-state index in [-0.39, 0.29) is 5.56 Å². The first-order valence-electron chi connectivity index (χ1n) is 5.64. The predicted molar refractivity (Wildman–Crippen MR) is 64.0 cm³/mol. The zero-order chi connectivity index (χ0) is 14.0. The monoisotopic (exact) mass is 267 g/mol. The van der Waals surface area contributed by atoms with Gasteiger partial charge < -0.3 is 5.32 Å². The number of nitrogens with one attached hydrogen (secondary N) is 1. The maximum absolute atomic E-state index is 13.8. The number of aryl methyl sites for hydroxylation is 1. The standard InChI is InChI=1S/C13H12F3N3/c1-7-18-6-5-10(19-7)13(17-2)8-3-4-9(14)12(16)11(8)15/h3-6,13,17H,1-2H3. The van der Waals surface area contributed by atoms with Crippen LogP contribution < -0.4 is 5.32 Å². The summed E-state index contributed by atoms with van der Waals surface area (Å²) >= 11 is 0. The first kappa shape index (κ1) is 13.5. The zero-order valence-corrected chi connectivity index (χ0v) is 10.4. The minimum Gasteiger partial charge on any atom is -0.308 e. The second-order valence-electron chi connectivity index (χ2n) is 4.01. The molecule has 1 heterocycles. The molecule has 6 heteroatoms. The van der Waals surface area contributed by atoms with Crippen LogP contribution in [0.4, 0.5) is 13.2 Å². The molecule has 0 aliphatic heterocycles. The summed E-state index contributed by atoms with van der Waals surface area (Å²) in [6, 6.07) is 3.02. The minimum atomic E-state index is -1.48. The molecule has 0 aliphatic rings. The molecule has 0 fully saturated rings. The van der Waals surface area contributed by atoms with Crippen molar-refractivity contribution in [2.24, 2.45) is 0 Å². The van der Waals surface area contributed by atoms with E-state index in [1.165, 1.54) is 12.3 Å². The molecular weight excluding hydrogens is 255 g/mol. The first-order chi connectivity index (χ1) is 9.04. The van der Waals surface area contributed by atoms with Gasteiger partial charge in [0.25, 0.3) is 0 Å². The first-order valence-corrected chi connectivity index (χ1v) is 5.64. The van der Waals surface area contributed by atoms with E-state index in [0.29, 0.717) is 11.5 Å². The van der Waals surface area contributed by atoms with Gasteiger partial charge in [-0.25, -0.2) is 23.1 Å². The zero-order valence-electron chi connectivity index (χ0n) is 10.4. The van der Waals surface area contributed by atoms with Gasteiger partial charge in [-0.3, -0.25) is 0 Å². The van der Waals surface area contributed by atoms with E-state index in [1.54, 1.807) is 20.0 Å². The number of halogens is 3. The lowest BCUT2D eigenvalue weighted by atomic mass is 10.0. The van der Waals surface area contributed by atoms with Crippen LogP contribution in [-0.2, 0) is 0 Å². The second kappa shape index (κ2) is 5.36. The summed E-state index contributed by atoms with van der Waals surface area (Å²) in [5.41, 5.74) is 0.486. The van der Waals surface area contributed by atoms with E-state index in [1.807, 2.05) is 0 Å². The van der Waals surface area contributed by atoms with Gasteiger partial charge in [-0.05, 0) is 26.1 Å². The Hall–Kier alpha value is -1.95. The number of aromatic nitrogens is 2. The number of benzene rings is 1. The molecule has 1 aromatic heterocycles. The molecule has 0 bridgehead atoms. The van der Waals surface area contributed by atoms with E-state index in [2.05, 4.69) is 15.3 Å². The number of rotatable bonds is 3. The van der Waals surface area contributed by atoms with Crippen molar-refractivity contribution in [3.8, 4) is 0 Å². The van der Waals surface area contributed by atoms with Crippen molar-refractivity contribution in [1.82, 2.24) is 15.3 Å². The molecule has 19 heavy (non-hydrogen) atoms. The van der Waals surface area contributed by atoms with Gasteiger partial charge in [0.05, 0.1) is 11.7 Å². The lowest BCUT2D eigenvalue weighted by Gasteiger charge is -2.17. The van der Waals surface area contributed by atoms with Crippen molar-refractivity contribution in [2.45, 2.75) is 13.0 Å². The Balaban J connectivity index is 2.51. The average Bonchev–Trinajstić information content (AvgIpc) is 2.40. The quantitative estimate of drug-likeness (QED) is 0.868. The largest absolute Gasteiger partial charge is 0.308 e. The van der Waals surface area contributed by atoms with Crippen molar-refractivity contribution in [3.05, 3.63) is 58.9 Å². The molecule has 1 aromatic carbocycles. The summed E-state index contributed by atoms with van der Waals surface area (Å²) in [5.74, 6) is -3.39. The van der Waals surface area contributed by atoms with E-state index in [4.69, 9.17) is 0 Å². The fraction of sp³-hybridized carbons (Fsp3) is 0.231. The molecular formula is C13H12F3N3. The van der Waals surface area contributed by atoms with Gasteiger partial charge in [-0.15, -0.1) is 0 Å². The molecule has 2 rings (SSSR count). The molecule has 0 saturated heterocycles. The Morgan fingerprint density at radius 1 is 1.11 bits per heavy atom. The van der Waals surface area contributed by atoms with Crippen molar-refractivity contribution in [2.75, 3.05) is 7.05 Å². The maximum atomic E-state index is 13.8. The van der Waals surface area contributed by atoms with Crippen molar-refractivity contribution in [1.29, 1.82) is 0 Å². The van der Waals surface area contributed by atoms with E-state index in [0.717, 1.165) is 6.07 Å². The highest BCUT2D eigenvalue weighted by molar-refractivity contribution is 5.30. The smallest absolute Gasteiger partial charge is 0.194 e. The van der Waals surface area contributed by atoms with Gasteiger partial charge in [-0.2, -0.15) is 0 Å². The lowest BCUT2D eigenvalue weighted by molar-refractivity contribution is 0.434. The highest BCUT2D eigenvalue weighted by atomic mass is 19.2. The molecule has 100 valence electrons. The second-order valence-corrected chi connectivity index (χ2v) is 4.01. The van der Waals surface area contributed by atoms with Crippen LogP contribution in [0.25, 0.3) is 0 Å². The van der Waals surface area contributed by atoms with Crippen molar-refractivity contribution in [3.63, 3.8) is 0 Å². The SMILES string of the molecule is CNC(c1ccnc(C)n1)c1ccc(F)c(F)c1F.